The average Bonchev–Trinajstić information content (AvgIpc) is 3.03. The van der Waals surface area contributed by atoms with Crippen molar-refractivity contribution in [3.8, 4) is 0 Å². The van der Waals surface area contributed by atoms with E-state index in [4.69, 9.17) is 4.74 Å². The van der Waals surface area contributed by atoms with E-state index in [0.717, 1.165) is 17.3 Å². The Bertz CT molecular complexity index is 632. The van der Waals surface area contributed by atoms with Crippen molar-refractivity contribution in [2.45, 2.75) is 18.9 Å². The number of esters is 1. The number of amides is 1. The Morgan fingerprint density at radius 3 is 3.05 bits per heavy atom. The van der Waals surface area contributed by atoms with Gasteiger partial charge in [0, 0.05) is 18.0 Å². The minimum atomic E-state index is -0.366. The molecular formula is C14H14N2O3. The molecule has 0 aliphatic carbocycles. The van der Waals surface area contributed by atoms with Crippen molar-refractivity contribution in [2.75, 3.05) is 6.61 Å². The van der Waals surface area contributed by atoms with Gasteiger partial charge in [0.25, 0.3) is 0 Å². The molecule has 1 aliphatic rings. The summed E-state index contributed by atoms with van der Waals surface area (Å²) in [6.07, 6.45) is 3.02. The lowest BCUT2D eigenvalue weighted by atomic mass is 10.1. The number of nitrogens with one attached hydrogen (secondary N) is 2. The lowest BCUT2D eigenvalue weighted by Gasteiger charge is -2.11. The zero-order valence-electron chi connectivity index (χ0n) is 10.3. The Labute approximate surface area is 109 Å². The van der Waals surface area contributed by atoms with Crippen molar-refractivity contribution in [2.24, 2.45) is 0 Å². The molecule has 1 atom stereocenters. The fraction of sp³-hybridized carbons (Fsp3) is 0.286. The first-order valence-corrected chi connectivity index (χ1v) is 6.26. The molecule has 0 saturated carbocycles. The van der Waals surface area contributed by atoms with Gasteiger partial charge in [-0.15, -0.1) is 0 Å². The Morgan fingerprint density at radius 2 is 2.26 bits per heavy atom. The third-order valence-corrected chi connectivity index (χ3v) is 3.31. The number of fused-ring (bicyclic) bond motifs is 1. The third-order valence-electron chi connectivity index (χ3n) is 3.31. The smallest absolute Gasteiger partial charge is 0.340 e. The summed E-state index contributed by atoms with van der Waals surface area (Å²) in [6.45, 7) is 0.224. The Morgan fingerprint density at radius 1 is 1.37 bits per heavy atom. The lowest BCUT2D eigenvalue weighted by Crippen LogP contribution is -2.30. The van der Waals surface area contributed by atoms with Gasteiger partial charge in [-0.05, 0) is 18.6 Å². The molecule has 2 N–H and O–H groups in total. The minimum Gasteiger partial charge on any atom is -0.460 e. The molecule has 1 aromatic carbocycles. The van der Waals surface area contributed by atoms with E-state index in [2.05, 4.69) is 10.3 Å². The summed E-state index contributed by atoms with van der Waals surface area (Å²) in [5.41, 5.74) is 1.30. The van der Waals surface area contributed by atoms with Gasteiger partial charge < -0.3 is 15.0 Å². The van der Waals surface area contributed by atoms with Gasteiger partial charge in [0.15, 0.2) is 0 Å². The maximum atomic E-state index is 12.0. The number of benzene rings is 1. The number of aromatic amines is 1. The SMILES string of the molecule is O=C1CC[C@@H](COC(=O)c2cccc3cc[nH]c23)N1. The van der Waals surface area contributed by atoms with Gasteiger partial charge in [-0.3, -0.25) is 4.79 Å². The summed E-state index contributed by atoms with van der Waals surface area (Å²) in [5.74, 6) is -0.346. The molecule has 1 aliphatic heterocycles. The highest BCUT2D eigenvalue weighted by molar-refractivity contribution is 6.02. The van der Waals surface area contributed by atoms with Crippen LogP contribution < -0.4 is 5.32 Å². The highest BCUT2D eigenvalue weighted by atomic mass is 16.5. The summed E-state index contributed by atoms with van der Waals surface area (Å²) < 4.78 is 5.26. The molecule has 5 heteroatoms. The van der Waals surface area contributed by atoms with Gasteiger partial charge >= 0.3 is 5.97 Å². The van der Waals surface area contributed by atoms with Crippen molar-refractivity contribution in [3.63, 3.8) is 0 Å². The van der Waals surface area contributed by atoms with Gasteiger partial charge in [-0.1, -0.05) is 12.1 Å². The molecule has 1 amide bonds. The van der Waals surface area contributed by atoms with E-state index in [9.17, 15) is 9.59 Å². The molecule has 5 nitrogen and oxygen atoms in total. The molecule has 1 fully saturated rings. The van der Waals surface area contributed by atoms with Crippen LogP contribution in [0.15, 0.2) is 30.5 Å². The molecule has 2 aromatic rings. The first-order valence-electron chi connectivity index (χ1n) is 6.26. The molecule has 0 bridgehead atoms. The minimum absolute atomic E-state index is 0.0209. The average molecular weight is 258 g/mol. The summed E-state index contributed by atoms with van der Waals surface area (Å²) >= 11 is 0. The zero-order chi connectivity index (χ0) is 13.2. The molecule has 3 rings (SSSR count). The molecular weight excluding hydrogens is 244 g/mol. The predicted molar refractivity (Wildman–Crippen MR) is 69.7 cm³/mol. The van der Waals surface area contributed by atoms with E-state index >= 15 is 0 Å². The Hall–Kier alpha value is -2.30. The van der Waals surface area contributed by atoms with Crippen molar-refractivity contribution in [1.29, 1.82) is 0 Å². The monoisotopic (exact) mass is 258 g/mol. The number of carbonyl (C=O) groups is 2. The molecule has 0 unspecified atom stereocenters. The fourth-order valence-corrected chi connectivity index (χ4v) is 2.31. The summed E-state index contributed by atoms with van der Waals surface area (Å²) in [5, 5.41) is 3.74. The normalized spacial score (nSPS) is 18.5. The van der Waals surface area contributed by atoms with Crippen LogP contribution in [0.5, 0.6) is 0 Å². The van der Waals surface area contributed by atoms with Crippen LogP contribution in [0.3, 0.4) is 0 Å². The highest BCUT2D eigenvalue weighted by Gasteiger charge is 2.22. The van der Waals surface area contributed by atoms with Crippen LogP contribution in [0, 0.1) is 0 Å². The second-order valence-electron chi connectivity index (χ2n) is 4.65. The van der Waals surface area contributed by atoms with Gasteiger partial charge in [0.2, 0.25) is 5.91 Å². The maximum Gasteiger partial charge on any atom is 0.340 e. The summed E-state index contributed by atoms with van der Waals surface area (Å²) in [7, 11) is 0. The largest absolute Gasteiger partial charge is 0.460 e. The van der Waals surface area contributed by atoms with Gasteiger partial charge in [0.1, 0.15) is 6.61 Å². The fourth-order valence-electron chi connectivity index (χ4n) is 2.31. The van der Waals surface area contributed by atoms with Gasteiger partial charge in [-0.25, -0.2) is 4.79 Å². The second-order valence-corrected chi connectivity index (χ2v) is 4.65. The summed E-state index contributed by atoms with van der Waals surface area (Å²) in [4.78, 5) is 26.1. The van der Waals surface area contributed by atoms with E-state index in [0.29, 0.717) is 12.0 Å². The van der Waals surface area contributed by atoms with Crippen LogP contribution in [0.25, 0.3) is 10.9 Å². The second kappa shape index (κ2) is 4.76. The number of carbonyl (C=O) groups excluding carboxylic acids is 2. The molecule has 1 saturated heterocycles. The lowest BCUT2D eigenvalue weighted by molar-refractivity contribution is -0.119. The van der Waals surface area contributed by atoms with Crippen LogP contribution in [-0.4, -0.2) is 29.5 Å². The van der Waals surface area contributed by atoms with Crippen LogP contribution in [0.4, 0.5) is 0 Å². The molecule has 0 spiro atoms. The van der Waals surface area contributed by atoms with Crippen molar-refractivity contribution < 1.29 is 14.3 Å². The van der Waals surface area contributed by atoms with Crippen molar-refractivity contribution >= 4 is 22.8 Å². The number of aromatic nitrogens is 1. The molecule has 98 valence electrons. The number of H-pyrrole nitrogens is 1. The third kappa shape index (κ3) is 2.31. The molecule has 2 heterocycles. The first kappa shape index (κ1) is 11.8. The number of rotatable bonds is 3. The van der Waals surface area contributed by atoms with E-state index in [1.54, 1.807) is 12.3 Å². The number of ether oxygens (including phenoxy) is 1. The topological polar surface area (TPSA) is 71.2 Å². The Kier molecular flexibility index (Phi) is 2.95. The number of hydrogen-bond donors (Lipinski definition) is 2. The van der Waals surface area contributed by atoms with E-state index in [-0.39, 0.29) is 24.5 Å². The highest BCUT2D eigenvalue weighted by Crippen LogP contribution is 2.18. The maximum absolute atomic E-state index is 12.0. The predicted octanol–water partition coefficient (Wildman–Crippen LogP) is 1.60. The molecule has 0 radical (unpaired) electrons. The summed E-state index contributed by atoms with van der Waals surface area (Å²) in [6, 6.07) is 7.33. The first-order chi connectivity index (χ1) is 9.24. The van der Waals surface area contributed by atoms with Gasteiger partial charge in [0.05, 0.1) is 17.1 Å². The standard InChI is InChI=1S/C14H14N2O3/c17-12-5-4-10(16-12)8-19-14(18)11-3-1-2-9-6-7-15-13(9)11/h1-3,6-7,10,15H,4-5,8H2,(H,16,17)/t10-/m0/s1. The van der Waals surface area contributed by atoms with Crippen molar-refractivity contribution in [3.05, 3.63) is 36.0 Å². The Balaban J connectivity index is 1.70. The van der Waals surface area contributed by atoms with E-state index in [1.807, 2.05) is 18.2 Å². The van der Waals surface area contributed by atoms with Crippen LogP contribution >= 0.6 is 0 Å². The quantitative estimate of drug-likeness (QED) is 0.821. The van der Waals surface area contributed by atoms with Crippen LogP contribution in [0.2, 0.25) is 0 Å². The van der Waals surface area contributed by atoms with Crippen LogP contribution in [-0.2, 0) is 9.53 Å². The number of para-hydroxylation sites is 1. The molecule has 1 aromatic heterocycles. The zero-order valence-corrected chi connectivity index (χ0v) is 10.3. The van der Waals surface area contributed by atoms with Crippen molar-refractivity contribution in [1.82, 2.24) is 10.3 Å². The van der Waals surface area contributed by atoms with E-state index in [1.165, 1.54) is 0 Å². The van der Waals surface area contributed by atoms with E-state index < -0.39 is 0 Å². The molecule has 19 heavy (non-hydrogen) atoms. The van der Waals surface area contributed by atoms with Gasteiger partial charge in [-0.2, -0.15) is 0 Å². The number of hydrogen-bond acceptors (Lipinski definition) is 3. The van der Waals surface area contributed by atoms with Crippen LogP contribution in [0.1, 0.15) is 23.2 Å².